The Bertz CT molecular complexity index is 2130. The number of anilines is 1. The molecule has 7 rings (SSSR count). The second kappa shape index (κ2) is 21.4. The smallest absolute Gasteiger partial charge is 0.186 e. The number of hydrogen-bond donors (Lipinski definition) is 5. The molecule has 6 N–H and O–H groups in total. The molecule has 3 aromatic carbocycles. The third-order valence-corrected chi connectivity index (χ3v) is 12.9. The molecule has 316 valence electrons. The SMILES string of the molecule is Nc1cc(CCc2cccc(CCc3ccccc3)c2)c(Cc2cc(O)c(OCO)cc2/C=C/C(=O)CC(=O)CCCCC[C@H]2[C@H]3CCNC[C@@H]3C=C3CCCN[C@H]32)cn1. The van der Waals surface area contributed by atoms with Crippen LogP contribution in [-0.4, -0.2) is 59.2 Å². The van der Waals surface area contributed by atoms with Gasteiger partial charge in [0.15, 0.2) is 24.1 Å². The average Bonchev–Trinajstić information content (AvgIpc) is 3.26. The zero-order valence-corrected chi connectivity index (χ0v) is 34.9. The van der Waals surface area contributed by atoms with Gasteiger partial charge in [-0.3, -0.25) is 9.59 Å². The summed E-state index contributed by atoms with van der Waals surface area (Å²) in [5.41, 5.74) is 15.0. The number of Topliss-reactive ketones (excluding diaryl/α,β-unsaturated/α-hetero) is 1. The van der Waals surface area contributed by atoms with Crippen LogP contribution in [0.5, 0.6) is 11.5 Å². The van der Waals surface area contributed by atoms with E-state index in [1.807, 2.05) is 12.1 Å². The Kier molecular flexibility index (Phi) is 15.4. The summed E-state index contributed by atoms with van der Waals surface area (Å²) in [6.45, 7) is 2.68. The van der Waals surface area contributed by atoms with Gasteiger partial charge in [-0.2, -0.15) is 0 Å². The molecule has 2 fully saturated rings. The number of nitrogens with one attached hydrogen (secondary N) is 2. The number of carbonyl (C=O) groups excluding carboxylic acids is 2. The normalized spacial score (nSPS) is 20.0. The summed E-state index contributed by atoms with van der Waals surface area (Å²) >= 11 is 0. The predicted octanol–water partition coefficient (Wildman–Crippen LogP) is 7.89. The second-order valence-electron chi connectivity index (χ2n) is 17.0. The fourth-order valence-corrected chi connectivity index (χ4v) is 9.79. The van der Waals surface area contributed by atoms with E-state index in [1.165, 1.54) is 48.4 Å². The first-order chi connectivity index (χ1) is 29.3. The standard InChI is InChI=1S/C51H62N4O5/c52-50-30-39(19-18-37-12-7-11-36(25-37)17-16-35-9-3-1-4-10-35)42(33-55-50)27-41-28-48(59)49(60-34-56)29-38(41)20-21-45(58)31-44(57)14-5-2-6-15-47-46-22-24-53-32-43(46)26-40-13-8-23-54-51(40)47/h1,3-4,7,9-12,20-21,25-26,28-30,33,43,46-47,51,53-54,56,59H,2,5-6,8,13-19,22-24,27,31-32,34H2,(H2,52,55)/b21-20+/t43-,46-,47-,51+/m0/s1. The number of nitrogens with two attached hydrogens (primary N) is 1. The number of aromatic hydroxyl groups is 1. The summed E-state index contributed by atoms with van der Waals surface area (Å²) in [4.78, 5) is 30.5. The first kappa shape index (κ1) is 43.0. The molecule has 0 radical (unpaired) electrons. The Balaban J connectivity index is 0.937. The number of benzene rings is 3. The molecule has 1 aromatic heterocycles. The molecule has 60 heavy (non-hydrogen) atoms. The van der Waals surface area contributed by atoms with E-state index in [0.717, 1.165) is 87.2 Å². The number of nitrogens with zero attached hydrogens (tertiary/aromatic N) is 1. The van der Waals surface area contributed by atoms with Gasteiger partial charge in [-0.25, -0.2) is 4.98 Å². The number of ether oxygens (including phenoxy) is 1. The van der Waals surface area contributed by atoms with Crippen molar-refractivity contribution in [3.05, 3.63) is 136 Å². The highest BCUT2D eigenvalue weighted by molar-refractivity contribution is 6.06. The molecule has 0 bridgehead atoms. The van der Waals surface area contributed by atoms with Crippen molar-refractivity contribution in [2.75, 3.05) is 32.2 Å². The van der Waals surface area contributed by atoms with E-state index in [1.54, 1.807) is 30.0 Å². The summed E-state index contributed by atoms with van der Waals surface area (Å²) < 4.78 is 5.28. The van der Waals surface area contributed by atoms with Crippen molar-refractivity contribution in [2.45, 2.75) is 95.9 Å². The van der Waals surface area contributed by atoms with Crippen molar-refractivity contribution < 1.29 is 24.5 Å². The van der Waals surface area contributed by atoms with Crippen molar-refractivity contribution in [2.24, 2.45) is 17.8 Å². The lowest BCUT2D eigenvalue weighted by atomic mass is 9.64. The van der Waals surface area contributed by atoms with Crippen molar-refractivity contribution in [3.63, 3.8) is 0 Å². The van der Waals surface area contributed by atoms with Crippen LogP contribution in [0.25, 0.3) is 6.08 Å². The highest BCUT2D eigenvalue weighted by Crippen LogP contribution is 2.42. The molecule has 4 aromatic rings. The Hall–Kier alpha value is -5.09. The monoisotopic (exact) mass is 810 g/mol. The van der Waals surface area contributed by atoms with Gasteiger partial charge >= 0.3 is 0 Å². The Morgan fingerprint density at radius 2 is 1.68 bits per heavy atom. The summed E-state index contributed by atoms with van der Waals surface area (Å²) in [5.74, 6) is 2.12. The molecule has 0 spiro atoms. The fourth-order valence-electron chi connectivity index (χ4n) is 9.79. The number of unbranched alkanes of at least 4 members (excludes halogenated alkanes) is 2. The van der Waals surface area contributed by atoms with Gasteiger partial charge in [-0.15, -0.1) is 0 Å². The fraction of sp³-hybridized carbons (Fsp3) is 0.431. The Labute approximate surface area is 355 Å². The van der Waals surface area contributed by atoms with Crippen LogP contribution in [0.3, 0.4) is 0 Å². The topological polar surface area (TPSA) is 147 Å². The second-order valence-corrected chi connectivity index (χ2v) is 17.0. The van der Waals surface area contributed by atoms with Crippen LogP contribution in [0.4, 0.5) is 5.82 Å². The van der Waals surface area contributed by atoms with E-state index >= 15 is 0 Å². The molecule has 3 aliphatic rings. The van der Waals surface area contributed by atoms with Crippen LogP contribution in [0, 0.1) is 17.8 Å². The molecule has 0 saturated carbocycles. The van der Waals surface area contributed by atoms with Crippen LogP contribution in [0.2, 0.25) is 0 Å². The molecule has 0 amide bonds. The van der Waals surface area contributed by atoms with E-state index < -0.39 is 6.79 Å². The third kappa shape index (κ3) is 11.8. The van der Waals surface area contributed by atoms with Crippen LogP contribution in [-0.2, 0) is 41.7 Å². The first-order valence-electron chi connectivity index (χ1n) is 22.1. The van der Waals surface area contributed by atoms with Gasteiger partial charge in [0.2, 0.25) is 0 Å². The van der Waals surface area contributed by atoms with Gasteiger partial charge in [0.25, 0.3) is 0 Å². The van der Waals surface area contributed by atoms with E-state index in [-0.39, 0.29) is 29.5 Å². The molecule has 2 aliphatic heterocycles. The molecule has 3 heterocycles. The average molecular weight is 811 g/mol. The minimum absolute atomic E-state index is 0.0468. The lowest BCUT2D eigenvalue weighted by Crippen LogP contribution is -2.52. The number of aryl methyl sites for hydroxylation is 4. The van der Waals surface area contributed by atoms with Crippen LogP contribution in [0.15, 0.2) is 96.7 Å². The number of phenolic OH excluding ortho intramolecular Hbond substituents is 1. The summed E-state index contributed by atoms with van der Waals surface area (Å²) in [6, 6.07) is 24.9. The Morgan fingerprint density at radius 1 is 0.883 bits per heavy atom. The van der Waals surface area contributed by atoms with Gasteiger partial charge in [0.05, 0.1) is 6.42 Å². The van der Waals surface area contributed by atoms with Crippen LogP contribution >= 0.6 is 0 Å². The van der Waals surface area contributed by atoms with E-state index in [9.17, 15) is 19.8 Å². The number of aliphatic hydroxyl groups is 1. The van der Waals surface area contributed by atoms with E-state index in [2.05, 4.69) is 70.2 Å². The van der Waals surface area contributed by atoms with E-state index in [0.29, 0.717) is 42.1 Å². The number of carbonyl (C=O) groups is 2. The molecule has 4 atom stereocenters. The number of rotatable bonds is 20. The van der Waals surface area contributed by atoms with Gasteiger partial charge in [-0.05, 0) is 158 Å². The zero-order chi connectivity index (χ0) is 41.7. The summed E-state index contributed by atoms with van der Waals surface area (Å²) in [7, 11) is 0. The minimum Gasteiger partial charge on any atom is -0.504 e. The van der Waals surface area contributed by atoms with Gasteiger partial charge in [-0.1, -0.05) is 85.2 Å². The number of allylic oxidation sites excluding steroid dienone is 1. The van der Waals surface area contributed by atoms with Crippen molar-refractivity contribution in [3.8, 4) is 11.5 Å². The molecule has 9 heteroatoms. The first-order valence-corrected chi connectivity index (χ1v) is 22.1. The number of ketones is 2. The van der Waals surface area contributed by atoms with Crippen LogP contribution < -0.4 is 21.1 Å². The number of phenols is 1. The number of piperidine rings is 2. The van der Waals surface area contributed by atoms with Crippen molar-refractivity contribution in [1.82, 2.24) is 15.6 Å². The predicted molar refractivity (Wildman–Crippen MR) is 239 cm³/mol. The lowest BCUT2D eigenvalue weighted by molar-refractivity contribution is -0.124. The summed E-state index contributed by atoms with van der Waals surface area (Å²) in [6.07, 6.45) is 19.3. The molecule has 0 unspecified atom stereocenters. The van der Waals surface area contributed by atoms with Gasteiger partial charge in [0, 0.05) is 25.2 Å². The van der Waals surface area contributed by atoms with Crippen molar-refractivity contribution in [1.29, 1.82) is 0 Å². The molecular formula is C51H62N4O5. The van der Waals surface area contributed by atoms with Crippen LogP contribution in [0.1, 0.15) is 96.7 Å². The third-order valence-electron chi connectivity index (χ3n) is 12.9. The molecule has 2 saturated heterocycles. The number of nitrogen functional groups attached to an aromatic ring is 1. The van der Waals surface area contributed by atoms with E-state index in [4.69, 9.17) is 10.5 Å². The molecule has 1 aliphatic carbocycles. The highest BCUT2D eigenvalue weighted by Gasteiger charge is 2.41. The molecular weight excluding hydrogens is 749 g/mol. The zero-order valence-electron chi connectivity index (χ0n) is 34.9. The quantitative estimate of drug-likeness (QED) is 0.0198. The number of aromatic nitrogens is 1. The summed E-state index contributed by atoms with van der Waals surface area (Å²) in [5, 5.41) is 27.7. The lowest BCUT2D eigenvalue weighted by Gasteiger charge is -2.47. The van der Waals surface area contributed by atoms with Gasteiger partial charge in [0.1, 0.15) is 11.6 Å². The van der Waals surface area contributed by atoms with Gasteiger partial charge < -0.3 is 31.3 Å². The number of aliphatic hydroxyl groups excluding tert-OH is 1. The largest absolute Gasteiger partial charge is 0.504 e. The van der Waals surface area contributed by atoms with Crippen molar-refractivity contribution >= 4 is 23.5 Å². The number of pyridine rings is 1. The number of hydrogen-bond acceptors (Lipinski definition) is 9. The Morgan fingerprint density at radius 3 is 2.52 bits per heavy atom. The number of fused-ring (bicyclic) bond motifs is 2. The minimum atomic E-state index is -0.613. The maximum Gasteiger partial charge on any atom is 0.186 e. The molecule has 9 nitrogen and oxygen atoms in total. The maximum atomic E-state index is 13.1. The maximum absolute atomic E-state index is 13.1. The highest BCUT2D eigenvalue weighted by atomic mass is 16.6.